The highest BCUT2D eigenvalue weighted by Crippen LogP contribution is 2.31. The molecule has 1 unspecified atom stereocenters. The van der Waals surface area contributed by atoms with E-state index in [1.54, 1.807) is 0 Å². The number of cyclic esters (lactones) is 1. The van der Waals surface area contributed by atoms with E-state index in [2.05, 4.69) is 4.74 Å². The largest absolute Gasteiger partial charge is 0.469 e. The predicted molar refractivity (Wildman–Crippen MR) is 60.3 cm³/mol. The summed E-state index contributed by atoms with van der Waals surface area (Å²) in [5, 5.41) is 0. The first kappa shape index (κ1) is 11.6. The van der Waals surface area contributed by atoms with Crippen molar-refractivity contribution >= 4 is 11.9 Å². The van der Waals surface area contributed by atoms with Gasteiger partial charge in [-0.25, -0.2) is 0 Å². The molecule has 0 N–H and O–H groups in total. The summed E-state index contributed by atoms with van der Waals surface area (Å²) in [6, 6.07) is 5.82. The molecule has 1 aromatic carbocycles. The number of carbonyl (C=O) groups is 2. The number of hydrogen-bond acceptors (Lipinski definition) is 4. The van der Waals surface area contributed by atoms with Crippen LogP contribution in [0.25, 0.3) is 0 Å². The number of methoxy groups -OCH3 is 1. The Morgan fingerprint density at radius 3 is 3.00 bits per heavy atom. The van der Waals surface area contributed by atoms with E-state index in [1.165, 1.54) is 7.11 Å². The van der Waals surface area contributed by atoms with Crippen LogP contribution in [0.5, 0.6) is 0 Å². The Kier molecular flexibility index (Phi) is 3.13. The average Bonchev–Trinajstić information content (AvgIpc) is 2.29. The summed E-state index contributed by atoms with van der Waals surface area (Å²) in [6.45, 7) is 1.96. The summed E-state index contributed by atoms with van der Waals surface area (Å²) in [6.07, 6.45) is -0.176. The average molecular weight is 234 g/mol. The topological polar surface area (TPSA) is 52.6 Å². The minimum atomic E-state index is -0.515. The lowest BCUT2D eigenvalue weighted by atomic mass is 9.94. The second kappa shape index (κ2) is 4.57. The van der Waals surface area contributed by atoms with E-state index in [9.17, 15) is 9.59 Å². The second-order valence-electron chi connectivity index (χ2n) is 4.14. The van der Waals surface area contributed by atoms with Crippen molar-refractivity contribution < 1.29 is 19.1 Å². The minimum absolute atomic E-state index is 0.0681. The maximum absolute atomic E-state index is 11.4. The summed E-state index contributed by atoms with van der Waals surface area (Å²) < 4.78 is 9.80. The predicted octanol–water partition coefficient (Wildman–Crippen LogP) is 1.70. The van der Waals surface area contributed by atoms with Crippen LogP contribution in [-0.4, -0.2) is 19.0 Å². The zero-order valence-electron chi connectivity index (χ0n) is 9.86. The van der Waals surface area contributed by atoms with Gasteiger partial charge >= 0.3 is 11.9 Å². The summed E-state index contributed by atoms with van der Waals surface area (Å²) in [7, 11) is 1.32. The van der Waals surface area contributed by atoms with Crippen LogP contribution in [-0.2, 0) is 25.5 Å². The highest BCUT2D eigenvalue weighted by Gasteiger charge is 2.28. The van der Waals surface area contributed by atoms with E-state index in [1.807, 2.05) is 25.1 Å². The fourth-order valence-corrected chi connectivity index (χ4v) is 1.98. The molecule has 0 aromatic heterocycles. The van der Waals surface area contributed by atoms with Gasteiger partial charge in [-0.1, -0.05) is 23.8 Å². The first-order chi connectivity index (χ1) is 8.10. The first-order valence-corrected chi connectivity index (χ1v) is 5.46. The van der Waals surface area contributed by atoms with Crippen molar-refractivity contribution in [1.29, 1.82) is 0 Å². The Bertz CT molecular complexity index is 464. The van der Waals surface area contributed by atoms with Gasteiger partial charge < -0.3 is 9.47 Å². The maximum Gasteiger partial charge on any atom is 0.310 e. The minimum Gasteiger partial charge on any atom is -0.469 e. The standard InChI is InChI=1S/C13H14O4/c1-8-3-4-9-6-13(15)17-11(10(9)5-8)7-12(14)16-2/h3-5,11H,6-7H2,1-2H3. The molecule has 0 radical (unpaired) electrons. The van der Waals surface area contributed by atoms with Crippen LogP contribution in [0, 0.1) is 6.92 Å². The quantitative estimate of drug-likeness (QED) is 0.731. The van der Waals surface area contributed by atoms with Crippen molar-refractivity contribution in [2.45, 2.75) is 25.9 Å². The number of esters is 2. The second-order valence-corrected chi connectivity index (χ2v) is 4.14. The summed E-state index contributed by atoms with van der Waals surface area (Å²) in [5.74, 6) is -0.674. The molecule has 0 saturated heterocycles. The third-order valence-corrected chi connectivity index (χ3v) is 2.84. The van der Waals surface area contributed by atoms with E-state index in [0.717, 1.165) is 16.7 Å². The summed E-state index contributed by atoms with van der Waals surface area (Å²) >= 11 is 0. The van der Waals surface area contributed by atoms with Gasteiger partial charge in [0, 0.05) is 0 Å². The molecular weight excluding hydrogens is 220 g/mol. The van der Waals surface area contributed by atoms with Crippen LogP contribution < -0.4 is 0 Å². The number of ether oxygens (including phenoxy) is 2. The van der Waals surface area contributed by atoms with Crippen molar-refractivity contribution in [3.63, 3.8) is 0 Å². The molecule has 1 atom stereocenters. The van der Waals surface area contributed by atoms with E-state index >= 15 is 0 Å². The molecule has 0 bridgehead atoms. The number of carbonyl (C=O) groups excluding carboxylic acids is 2. The van der Waals surface area contributed by atoms with Crippen LogP contribution in [0.1, 0.15) is 29.2 Å². The molecule has 4 nitrogen and oxygen atoms in total. The molecule has 90 valence electrons. The van der Waals surface area contributed by atoms with Crippen LogP contribution in [0.3, 0.4) is 0 Å². The number of rotatable bonds is 2. The van der Waals surface area contributed by atoms with E-state index in [0.29, 0.717) is 0 Å². The van der Waals surface area contributed by atoms with Gasteiger partial charge in [0.15, 0.2) is 0 Å². The molecule has 4 heteroatoms. The summed E-state index contributed by atoms with van der Waals surface area (Å²) in [5.41, 5.74) is 2.92. The highest BCUT2D eigenvalue weighted by atomic mass is 16.6. The van der Waals surface area contributed by atoms with Gasteiger partial charge in [0.05, 0.1) is 20.0 Å². The first-order valence-electron chi connectivity index (χ1n) is 5.46. The molecule has 2 rings (SSSR count). The lowest BCUT2D eigenvalue weighted by molar-refractivity contribution is -0.155. The fourth-order valence-electron chi connectivity index (χ4n) is 1.98. The molecular formula is C13H14O4. The molecule has 1 aliphatic rings. The molecule has 1 aromatic rings. The molecule has 17 heavy (non-hydrogen) atoms. The van der Waals surface area contributed by atoms with Crippen molar-refractivity contribution in [2.75, 3.05) is 7.11 Å². The Balaban J connectivity index is 2.32. The molecule has 0 amide bonds. The maximum atomic E-state index is 11.4. The number of hydrogen-bond donors (Lipinski definition) is 0. The van der Waals surface area contributed by atoms with Gasteiger partial charge in [-0.05, 0) is 18.1 Å². The fraction of sp³-hybridized carbons (Fsp3) is 0.385. The van der Waals surface area contributed by atoms with E-state index in [-0.39, 0.29) is 24.8 Å². The molecule has 0 aliphatic carbocycles. The van der Waals surface area contributed by atoms with Crippen molar-refractivity contribution in [3.05, 3.63) is 34.9 Å². The van der Waals surface area contributed by atoms with E-state index < -0.39 is 6.10 Å². The number of fused-ring (bicyclic) bond motifs is 1. The van der Waals surface area contributed by atoms with Crippen LogP contribution in [0.4, 0.5) is 0 Å². The Hall–Kier alpha value is -1.84. The molecule has 0 saturated carbocycles. The normalized spacial score (nSPS) is 18.2. The zero-order chi connectivity index (χ0) is 12.4. The lowest BCUT2D eigenvalue weighted by Gasteiger charge is -2.25. The molecule has 0 spiro atoms. The van der Waals surface area contributed by atoms with Gasteiger partial charge in [0.1, 0.15) is 6.10 Å². The third kappa shape index (κ3) is 2.46. The van der Waals surface area contributed by atoms with Crippen LogP contribution in [0.15, 0.2) is 18.2 Å². The number of benzene rings is 1. The van der Waals surface area contributed by atoms with Gasteiger partial charge in [-0.3, -0.25) is 9.59 Å². The smallest absolute Gasteiger partial charge is 0.310 e. The SMILES string of the molecule is COC(=O)CC1OC(=O)Cc2ccc(C)cc21. The Morgan fingerprint density at radius 1 is 1.53 bits per heavy atom. The Labute approximate surface area is 99.5 Å². The lowest BCUT2D eigenvalue weighted by Crippen LogP contribution is -2.23. The van der Waals surface area contributed by atoms with Crippen molar-refractivity contribution in [2.24, 2.45) is 0 Å². The van der Waals surface area contributed by atoms with Gasteiger partial charge in [0.2, 0.25) is 0 Å². The van der Waals surface area contributed by atoms with Gasteiger partial charge in [0.25, 0.3) is 0 Å². The van der Waals surface area contributed by atoms with E-state index in [4.69, 9.17) is 4.74 Å². The van der Waals surface area contributed by atoms with Crippen molar-refractivity contribution in [1.82, 2.24) is 0 Å². The molecule has 1 heterocycles. The zero-order valence-corrected chi connectivity index (χ0v) is 9.86. The van der Waals surface area contributed by atoms with Gasteiger partial charge in [-0.2, -0.15) is 0 Å². The Morgan fingerprint density at radius 2 is 2.29 bits per heavy atom. The van der Waals surface area contributed by atoms with Crippen LogP contribution in [0.2, 0.25) is 0 Å². The molecule has 1 aliphatic heterocycles. The number of aryl methyl sites for hydroxylation is 1. The molecule has 0 fully saturated rings. The van der Waals surface area contributed by atoms with Crippen LogP contribution >= 0.6 is 0 Å². The summed E-state index contributed by atoms with van der Waals surface area (Å²) in [4.78, 5) is 22.7. The third-order valence-electron chi connectivity index (χ3n) is 2.84. The highest BCUT2D eigenvalue weighted by molar-refractivity contribution is 5.77. The van der Waals surface area contributed by atoms with Gasteiger partial charge in [-0.15, -0.1) is 0 Å². The monoisotopic (exact) mass is 234 g/mol. The van der Waals surface area contributed by atoms with Crippen molar-refractivity contribution in [3.8, 4) is 0 Å².